The van der Waals surface area contributed by atoms with Crippen molar-refractivity contribution in [3.05, 3.63) is 18.3 Å². The fourth-order valence-corrected chi connectivity index (χ4v) is 1.27. The number of nitrogens with zero attached hydrogens (tertiary/aromatic N) is 1. The zero-order valence-corrected chi connectivity index (χ0v) is 9.53. The number of methoxy groups -OCH3 is 1. The van der Waals surface area contributed by atoms with Crippen molar-refractivity contribution in [3.63, 3.8) is 0 Å². The zero-order valence-electron chi connectivity index (χ0n) is 9.53. The van der Waals surface area contributed by atoms with Crippen LogP contribution in [0.15, 0.2) is 18.3 Å². The molecule has 4 heteroatoms. The molecule has 1 unspecified atom stereocenters. The van der Waals surface area contributed by atoms with E-state index in [9.17, 15) is 0 Å². The lowest BCUT2D eigenvalue weighted by atomic mass is 10.1. The Labute approximate surface area is 90.8 Å². The first kappa shape index (κ1) is 11.8. The van der Waals surface area contributed by atoms with Gasteiger partial charge in [0.25, 0.3) is 0 Å². The van der Waals surface area contributed by atoms with Gasteiger partial charge in [0, 0.05) is 12.6 Å². The van der Waals surface area contributed by atoms with E-state index in [1.807, 2.05) is 12.1 Å². The van der Waals surface area contributed by atoms with Crippen molar-refractivity contribution in [2.75, 3.05) is 19.0 Å². The molecule has 84 valence electrons. The number of hydrogen-bond donors (Lipinski definition) is 2. The van der Waals surface area contributed by atoms with Crippen LogP contribution < -0.4 is 15.8 Å². The van der Waals surface area contributed by atoms with Crippen molar-refractivity contribution in [2.45, 2.75) is 19.9 Å². The second-order valence-corrected chi connectivity index (χ2v) is 3.81. The molecule has 1 atom stereocenters. The lowest BCUT2D eigenvalue weighted by Gasteiger charge is -2.20. The molecule has 0 aromatic carbocycles. The van der Waals surface area contributed by atoms with Gasteiger partial charge in [0.15, 0.2) is 0 Å². The van der Waals surface area contributed by atoms with Crippen LogP contribution in [0.3, 0.4) is 0 Å². The minimum atomic E-state index is 0.255. The highest BCUT2D eigenvalue weighted by Crippen LogP contribution is 2.13. The summed E-state index contributed by atoms with van der Waals surface area (Å²) in [5, 5.41) is 3.29. The second kappa shape index (κ2) is 5.56. The van der Waals surface area contributed by atoms with Crippen LogP contribution in [0.2, 0.25) is 0 Å². The topological polar surface area (TPSA) is 60.2 Å². The van der Waals surface area contributed by atoms with Gasteiger partial charge in [0.05, 0.1) is 13.3 Å². The summed E-state index contributed by atoms with van der Waals surface area (Å²) in [6, 6.07) is 4.03. The van der Waals surface area contributed by atoms with Crippen LogP contribution in [-0.4, -0.2) is 24.7 Å². The average molecular weight is 209 g/mol. The first-order valence-electron chi connectivity index (χ1n) is 5.14. The van der Waals surface area contributed by atoms with Gasteiger partial charge in [0.1, 0.15) is 11.6 Å². The third-order valence-corrected chi connectivity index (χ3v) is 2.36. The second-order valence-electron chi connectivity index (χ2n) is 3.81. The van der Waals surface area contributed by atoms with Gasteiger partial charge in [-0.25, -0.2) is 4.98 Å². The number of hydrogen-bond acceptors (Lipinski definition) is 4. The Bertz CT molecular complexity index is 284. The predicted molar refractivity (Wildman–Crippen MR) is 62.1 cm³/mol. The van der Waals surface area contributed by atoms with E-state index in [-0.39, 0.29) is 6.04 Å². The highest BCUT2D eigenvalue weighted by atomic mass is 16.5. The highest BCUT2D eigenvalue weighted by Gasteiger charge is 2.11. The molecule has 1 aromatic rings. The standard InChI is InChI=1S/C11H19N3O/c1-8(2)10(6-12)14-11-5-4-9(15-3)7-13-11/h4-5,7-8,10H,6,12H2,1-3H3,(H,13,14). The van der Waals surface area contributed by atoms with E-state index in [1.54, 1.807) is 13.3 Å². The summed E-state index contributed by atoms with van der Waals surface area (Å²) >= 11 is 0. The van der Waals surface area contributed by atoms with Crippen LogP contribution in [0, 0.1) is 5.92 Å². The fourth-order valence-electron chi connectivity index (χ4n) is 1.27. The van der Waals surface area contributed by atoms with E-state index in [2.05, 4.69) is 24.1 Å². The lowest BCUT2D eigenvalue weighted by Crippen LogP contribution is -2.33. The maximum Gasteiger partial charge on any atom is 0.137 e. The molecule has 1 heterocycles. The number of aromatic nitrogens is 1. The quantitative estimate of drug-likeness (QED) is 0.771. The van der Waals surface area contributed by atoms with Crippen molar-refractivity contribution in [2.24, 2.45) is 11.7 Å². The Balaban J connectivity index is 2.63. The molecule has 4 nitrogen and oxygen atoms in total. The molecule has 0 fully saturated rings. The van der Waals surface area contributed by atoms with Crippen molar-refractivity contribution >= 4 is 5.82 Å². The summed E-state index contributed by atoms with van der Waals surface area (Å²) in [5.41, 5.74) is 5.66. The van der Waals surface area contributed by atoms with Crippen molar-refractivity contribution in [3.8, 4) is 5.75 Å². The van der Waals surface area contributed by atoms with Crippen LogP contribution in [-0.2, 0) is 0 Å². The van der Waals surface area contributed by atoms with Gasteiger partial charge in [-0.2, -0.15) is 0 Å². The molecule has 0 aliphatic carbocycles. The smallest absolute Gasteiger partial charge is 0.137 e. The summed E-state index contributed by atoms with van der Waals surface area (Å²) in [7, 11) is 1.63. The van der Waals surface area contributed by atoms with E-state index in [4.69, 9.17) is 10.5 Å². The predicted octanol–water partition coefficient (Wildman–Crippen LogP) is 1.49. The first-order chi connectivity index (χ1) is 7.17. The summed E-state index contributed by atoms with van der Waals surface area (Å²) < 4.78 is 5.03. The maximum atomic E-state index is 5.66. The molecule has 0 spiro atoms. The van der Waals surface area contributed by atoms with E-state index in [0.29, 0.717) is 12.5 Å². The summed E-state index contributed by atoms with van der Waals surface area (Å²) in [6.07, 6.45) is 1.69. The van der Waals surface area contributed by atoms with Gasteiger partial charge in [-0.15, -0.1) is 0 Å². The molecule has 0 saturated heterocycles. The Hall–Kier alpha value is -1.29. The van der Waals surface area contributed by atoms with E-state index < -0.39 is 0 Å². The molecule has 15 heavy (non-hydrogen) atoms. The Morgan fingerprint density at radius 2 is 2.20 bits per heavy atom. The van der Waals surface area contributed by atoms with Gasteiger partial charge >= 0.3 is 0 Å². The van der Waals surface area contributed by atoms with E-state index in [1.165, 1.54) is 0 Å². The van der Waals surface area contributed by atoms with Crippen molar-refractivity contribution in [1.82, 2.24) is 4.98 Å². The van der Waals surface area contributed by atoms with E-state index >= 15 is 0 Å². The highest BCUT2D eigenvalue weighted by molar-refractivity contribution is 5.38. The Morgan fingerprint density at radius 1 is 1.47 bits per heavy atom. The van der Waals surface area contributed by atoms with Gasteiger partial charge in [-0.1, -0.05) is 13.8 Å². The Morgan fingerprint density at radius 3 is 2.60 bits per heavy atom. The molecule has 0 aliphatic rings. The molecule has 0 saturated carbocycles. The van der Waals surface area contributed by atoms with Gasteiger partial charge in [-0.05, 0) is 18.1 Å². The average Bonchev–Trinajstić information content (AvgIpc) is 2.26. The van der Waals surface area contributed by atoms with Crippen LogP contribution in [0.5, 0.6) is 5.75 Å². The molecule has 1 aromatic heterocycles. The minimum absolute atomic E-state index is 0.255. The summed E-state index contributed by atoms with van der Waals surface area (Å²) in [4.78, 5) is 4.23. The maximum absolute atomic E-state index is 5.66. The van der Waals surface area contributed by atoms with Gasteiger partial charge in [-0.3, -0.25) is 0 Å². The molecular formula is C11H19N3O. The molecule has 3 N–H and O–H groups in total. The number of nitrogens with one attached hydrogen (secondary N) is 1. The molecule has 0 radical (unpaired) electrons. The van der Waals surface area contributed by atoms with Crippen molar-refractivity contribution < 1.29 is 4.74 Å². The first-order valence-corrected chi connectivity index (χ1v) is 5.14. The van der Waals surface area contributed by atoms with Crippen LogP contribution >= 0.6 is 0 Å². The van der Waals surface area contributed by atoms with Crippen LogP contribution in [0.25, 0.3) is 0 Å². The lowest BCUT2D eigenvalue weighted by molar-refractivity contribution is 0.413. The largest absolute Gasteiger partial charge is 0.495 e. The normalized spacial score (nSPS) is 12.6. The van der Waals surface area contributed by atoms with Crippen LogP contribution in [0.4, 0.5) is 5.82 Å². The molecular weight excluding hydrogens is 190 g/mol. The fraction of sp³-hybridized carbons (Fsp3) is 0.545. The molecule has 0 aliphatic heterocycles. The molecule has 0 bridgehead atoms. The molecule has 0 amide bonds. The number of nitrogens with two attached hydrogens (primary N) is 1. The van der Waals surface area contributed by atoms with Crippen molar-refractivity contribution in [1.29, 1.82) is 0 Å². The number of anilines is 1. The summed E-state index contributed by atoms with van der Waals surface area (Å²) in [6.45, 7) is 4.87. The Kier molecular flexibility index (Phi) is 4.37. The van der Waals surface area contributed by atoms with Gasteiger partial charge < -0.3 is 15.8 Å². The monoisotopic (exact) mass is 209 g/mol. The van der Waals surface area contributed by atoms with Gasteiger partial charge in [0.2, 0.25) is 0 Å². The number of ether oxygens (including phenoxy) is 1. The molecule has 1 rings (SSSR count). The minimum Gasteiger partial charge on any atom is -0.495 e. The number of pyridine rings is 1. The third kappa shape index (κ3) is 3.40. The van der Waals surface area contributed by atoms with Crippen LogP contribution in [0.1, 0.15) is 13.8 Å². The zero-order chi connectivity index (χ0) is 11.3. The summed E-state index contributed by atoms with van der Waals surface area (Å²) in [5.74, 6) is 2.08. The third-order valence-electron chi connectivity index (χ3n) is 2.36. The van der Waals surface area contributed by atoms with E-state index in [0.717, 1.165) is 11.6 Å². The SMILES string of the molecule is COc1ccc(NC(CN)C(C)C)nc1. The number of rotatable bonds is 5.